The molecule has 0 bridgehead atoms. The van der Waals surface area contributed by atoms with E-state index in [0.29, 0.717) is 6.54 Å². The first-order valence-electron chi connectivity index (χ1n) is 7.92. The molecular weight excluding hydrogens is 304 g/mol. The van der Waals surface area contributed by atoms with Crippen LogP contribution in [0.5, 0.6) is 0 Å². The Labute approximate surface area is 136 Å². The molecule has 0 N–H and O–H groups in total. The highest BCUT2D eigenvalue weighted by Gasteiger charge is 2.31. The fourth-order valence-corrected chi connectivity index (χ4v) is 4.11. The van der Waals surface area contributed by atoms with Crippen LogP contribution in [0, 0.1) is 0 Å². The molecule has 0 spiro atoms. The number of hydrogen-bond acceptors (Lipinski definition) is 3. The summed E-state index contributed by atoms with van der Waals surface area (Å²) in [7, 11) is 0. The predicted octanol–water partition coefficient (Wildman–Crippen LogP) is 4.01. The third kappa shape index (κ3) is 4.44. The number of likely N-dealkylation sites (tertiary alicyclic amines) is 1. The average molecular weight is 329 g/mol. The van der Waals surface area contributed by atoms with Crippen molar-refractivity contribution < 1.29 is 4.79 Å². The molecular formula is C16H25ClN2OS. The van der Waals surface area contributed by atoms with E-state index >= 15 is 0 Å². The zero-order valence-electron chi connectivity index (χ0n) is 13.0. The summed E-state index contributed by atoms with van der Waals surface area (Å²) < 4.78 is 0.791. The van der Waals surface area contributed by atoms with Crippen LogP contribution >= 0.6 is 22.9 Å². The van der Waals surface area contributed by atoms with Gasteiger partial charge in [-0.15, -0.1) is 11.3 Å². The second kappa shape index (κ2) is 8.16. The molecule has 2 rings (SSSR count). The number of carbonyl (C=O) groups excluding carboxylic acids is 1. The van der Waals surface area contributed by atoms with E-state index in [1.807, 2.05) is 17.0 Å². The van der Waals surface area contributed by atoms with Crippen LogP contribution in [-0.2, 0) is 11.3 Å². The lowest BCUT2D eigenvalue weighted by molar-refractivity contribution is -0.138. The molecule has 1 fully saturated rings. The number of piperidine rings is 1. The Morgan fingerprint density at radius 2 is 2.24 bits per heavy atom. The van der Waals surface area contributed by atoms with Crippen molar-refractivity contribution in [2.75, 3.05) is 19.6 Å². The van der Waals surface area contributed by atoms with Crippen LogP contribution in [0.4, 0.5) is 0 Å². The first-order chi connectivity index (χ1) is 10.2. The Morgan fingerprint density at radius 3 is 2.86 bits per heavy atom. The molecule has 1 aliphatic rings. The summed E-state index contributed by atoms with van der Waals surface area (Å²) in [6.45, 7) is 7.76. The molecule has 0 aliphatic carbocycles. The summed E-state index contributed by atoms with van der Waals surface area (Å²) in [6.07, 6.45) is 4.49. The highest BCUT2D eigenvalue weighted by Crippen LogP contribution is 2.24. The van der Waals surface area contributed by atoms with Gasteiger partial charge in [0.05, 0.1) is 16.9 Å². The minimum absolute atomic E-state index is 0.0779. The van der Waals surface area contributed by atoms with Crippen molar-refractivity contribution >= 4 is 28.8 Å². The monoisotopic (exact) mass is 328 g/mol. The quantitative estimate of drug-likeness (QED) is 0.787. The van der Waals surface area contributed by atoms with Gasteiger partial charge in [-0.3, -0.25) is 9.69 Å². The number of nitrogens with zero attached hydrogens (tertiary/aromatic N) is 2. The van der Waals surface area contributed by atoms with Crippen LogP contribution in [0.25, 0.3) is 0 Å². The molecule has 1 aliphatic heterocycles. The molecule has 1 amide bonds. The van der Waals surface area contributed by atoms with E-state index in [2.05, 4.69) is 18.7 Å². The zero-order valence-corrected chi connectivity index (χ0v) is 14.6. The molecule has 5 heteroatoms. The van der Waals surface area contributed by atoms with Crippen LogP contribution in [0.3, 0.4) is 0 Å². The lowest BCUT2D eigenvalue weighted by atomic mass is 10.0. The van der Waals surface area contributed by atoms with Gasteiger partial charge in [0, 0.05) is 11.4 Å². The minimum atomic E-state index is 0.0779. The van der Waals surface area contributed by atoms with Crippen molar-refractivity contribution in [1.82, 2.24) is 9.80 Å². The van der Waals surface area contributed by atoms with Gasteiger partial charge in [-0.05, 0) is 51.4 Å². The van der Waals surface area contributed by atoms with Crippen molar-refractivity contribution in [1.29, 1.82) is 0 Å². The number of amides is 1. The van der Waals surface area contributed by atoms with Crippen LogP contribution in [0.2, 0.25) is 4.34 Å². The van der Waals surface area contributed by atoms with Gasteiger partial charge in [-0.25, -0.2) is 0 Å². The SMILES string of the molecule is CCCN1CCCCC1C(=O)N(CC)Cc1ccc(Cl)s1. The average Bonchev–Trinajstić information content (AvgIpc) is 2.90. The lowest BCUT2D eigenvalue weighted by Gasteiger charge is -2.37. The van der Waals surface area contributed by atoms with E-state index < -0.39 is 0 Å². The molecule has 0 saturated carbocycles. The Hall–Kier alpha value is -0.580. The van der Waals surface area contributed by atoms with Crippen LogP contribution in [0.1, 0.15) is 44.4 Å². The Bertz CT molecular complexity index is 461. The van der Waals surface area contributed by atoms with E-state index in [1.54, 1.807) is 11.3 Å². The maximum atomic E-state index is 12.9. The molecule has 1 atom stereocenters. The third-order valence-electron chi connectivity index (χ3n) is 4.08. The molecule has 1 aromatic rings. The third-order valence-corrected chi connectivity index (χ3v) is 5.29. The maximum Gasteiger partial charge on any atom is 0.240 e. The predicted molar refractivity (Wildman–Crippen MR) is 89.9 cm³/mol. The fraction of sp³-hybridized carbons (Fsp3) is 0.688. The van der Waals surface area contributed by atoms with Gasteiger partial charge in [0.25, 0.3) is 0 Å². The van der Waals surface area contributed by atoms with Crippen LogP contribution < -0.4 is 0 Å². The molecule has 0 radical (unpaired) electrons. The number of rotatable bonds is 6. The topological polar surface area (TPSA) is 23.6 Å². The number of likely N-dealkylation sites (N-methyl/N-ethyl adjacent to an activating group) is 1. The van der Waals surface area contributed by atoms with E-state index in [-0.39, 0.29) is 11.9 Å². The summed E-state index contributed by atoms with van der Waals surface area (Å²) in [5.41, 5.74) is 0. The largest absolute Gasteiger partial charge is 0.336 e. The molecule has 1 saturated heterocycles. The fourth-order valence-electron chi connectivity index (χ4n) is 3.01. The van der Waals surface area contributed by atoms with Crippen molar-refractivity contribution in [3.63, 3.8) is 0 Å². The summed E-state index contributed by atoms with van der Waals surface area (Å²) in [5, 5.41) is 0. The Kier molecular flexibility index (Phi) is 6.52. The van der Waals surface area contributed by atoms with E-state index in [4.69, 9.17) is 11.6 Å². The molecule has 0 aromatic carbocycles. The Balaban J connectivity index is 2.03. The Morgan fingerprint density at radius 1 is 1.43 bits per heavy atom. The second-order valence-electron chi connectivity index (χ2n) is 5.61. The molecule has 2 heterocycles. The van der Waals surface area contributed by atoms with Gasteiger partial charge < -0.3 is 4.90 Å². The van der Waals surface area contributed by atoms with Gasteiger partial charge >= 0.3 is 0 Å². The van der Waals surface area contributed by atoms with E-state index in [1.165, 1.54) is 12.8 Å². The number of halogens is 1. The molecule has 1 aromatic heterocycles. The zero-order chi connectivity index (χ0) is 15.2. The normalized spacial score (nSPS) is 19.7. The summed E-state index contributed by atoms with van der Waals surface area (Å²) in [5.74, 6) is 0.287. The molecule has 21 heavy (non-hydrogen) atoms. The van der Waals surface area contributed by atoms with Gasteiger partial charge in [-0.1, -0.05) is 24.9 Å². The maximum absolute atomic E-state index is 12.9. The summed E-state index contributed by atoms with van der Waals surface area (Å²) in [6, 6.07) is 4.01. The minimum Gasteiger partial charge on any atom is -0.336 e. The highest BCUT2D eigenvalue weighted by atomic mass is 35.5. The second-order valence-corrected chi connectivity index (χ2v) is 7.41. The van der Waals surface area contributed by atoms with Crippen molar-refractivity contribution in [3.8, 4) is 0 Å². The lowest BCUT2D eigenvalue weighted by Crippen LogP contribution is -2.50. The van der Waals surface area contributed by atoms with E-state index in [0.717, 1.165) is 41.7 Å². The van der Waals surface area contributed by atoms with Gasteiger partial charge in [0.2, 0.25) is 5.91 Å². The first-order valence-corrected chi connectivity index (χ1v) is 9.12. The summed E-state index contributed by atoms with van der Waals surface area (Å²) >= 11 is 7.55. The summed E-state index contributed by atoms with van der Waals surface area (Å²) in [4.78, 5) is 18.4. The smallest absolute Gasteiger partial charge is 0.240 e. The highest BCUT2D eigenvalue weighted by molar-refractivity contribution is 7.16. The molecule has 1 unspecified atom stereocenters. The van der Waals surface area contributed by atoms with Crippen LogP contribution in [-0.4, -0.2) is 41.4 Å². The van der Waals surface area contributed by atoms with Crippen molar-refractivity contribution in [2.45, 2.75) is 52.1 Å². The molecule has 3 nitrogen and oxygen atoms in total. The first kappa shape index (κ1) is 16.8. The van der Waals surface area contributed by atoms with E-state index in [9.17, 15) is 4.79 Å². The number of carbonyl (C=O) groups is 1. The van der Waals surface area contributed by atoms with Crippen molar-refractivity contribution in [3.05, 3.63) is 21.3 Å². The number of thiophene rings is 1. The van der Waals surface area contributed by atoms with Gasteiger partial charge in [0.1, 0.15) is 0 Å². The standard InChI is InChI=1S/C16H25ClN2OS/c1-3-10-19-11-6-5-7-14(19)16(20)18(4-2)12-13-8-9-15(17)21-13/h8-9,14H,3-7,10-12H2,1-2H3. The van der Waals surface area contributed by atoms with Gasteiger partial charge in [-0.2, -0.15) is 0 Å². The number of hydrogen-bond donors (Lipinski definition) is 0. The van der Waals surface area contributed by atoms with Crippen molar-refractivity contribution in [2.24, 2.45) is 0 Å². The molecule has 118 valence electrons. The van der Waals surface area contributed by atoms with Crippen LogP contribution in [0.15, 0.2) is 12.1 Å². The van der Waals surface area contributed by atoms with Gasteiger partial charge in [0.15, 0.2) is 0 Å².